The van der Waals surface area contributed by atoms with Crippen molar-refractivity contribution in [1.82, 2.24) is 0 Å². The molecular formula is C13H14O3. The normalized spacial score (nSPS) is 20.1. The van der Waals surface area contributed by atoms with Gasteiger partial charge >= 0.3 is 0 Å². The standard InChI is InChI=1S/C13H14O3/c14-13(4-7-15-8-5-13)11-1-2-12-10(9-11)3-6-16-12/h1-3,6,9,14H,4-5,7-8H2. The zero-order valence-electron chi connectivity index (χ0n) is 8.98. The lowest BCUT2D eigenvalue weighted by Gasteiger charge is -2.32. The van der Waals surface area contributed by atoms with Gasteiger partial charge in [0.15, 0.2) is 0 Å². The molecule has 0 atom stereocenters. The Kier molecular flexibility index (Phi) is 2.23. The molecule has 0 amide bonds. The first-order chi connectivity index (χ1) is 7.78. The molecule has 1 aliphatic heterocycles. The molecule has 3 nitrogen and oxygen atoms in total. The van der Waals surface area contributed by atoms with Gasteiger partial charge in [0.2, 0.25) is 0 Å². The van der Waals surface area contributed by atoms with E-state index in [0.717, 1.165) is 16.5 Å². The first kappa shape index (κ1) is 9.87. The maximum atomic E-state index is 10.5. The SMILES string of the molecule is OC1(c2ccc3occc3c2)CCOCC1. The van der Waals surface area contributed by atoms with Crippen LogP contribution in [0.2, 0.25) is 0 Å². The fourth-order valence-corrected chi connectivity index (χ4v) is 2.25. The molecule has 3 rings (SSSR count). The van der Waals surface area contributed by atoms with Crippen molar-refractivity contribution >= 4 is 11.0 Å². The number of rotatable bonds is 1. The first-order valence-electron chi connectivity index (χ1n) is 5.56. The van der Waals surface area contributed by atoms with Crippen molar-refractivity contribution in [3.8, 4) is 0 Å². The summed E-state index contributed by atoms with van der Waals surface area (Å²) in [5.74, 6) is 0. The lowest BCUT2D eigenvalue weighted by Crippen LogP contribution is -2.33. The van der Waals surface area contributed by atoms with Gasteiger partial charge in [-0.05, 0) is 23.8 Å². The highest BCUT2D eigenvalue weighted by molar-refractivity contribution is 5.77. The molecule has 1 aromatic carbocycles. The van der Waals surface area contributed by atoms with Gasteiger partial charge < -0.3 is 14.3 Å². The van der Waals surface area contributed by atoms with Crippen LogP contribution in [0.4, 0.5) is 0 Å². The molecule has 16 heavy (non-hydrogen) atoms. The Hall–Kier alpha value is -1.32. The third kappa shape index (κ3) is 1.52. The maximum Gasteiger partial charge on any atom is 0.133 e. The van der Waals surface area contributed by atoms with Crippen molar-refractivity contribution in [2.45, 2.75) is 18.4 Å². The Bertz CT molecular complexity index is 495. The van der Waals surface area contributed by atoms with Crippen LogP contribution in [0.5, 0.6) is 0 Å². The van der Waals surface area contributed by atoms with E-state index in [0.29, 0.717) is 26.1 Å². The molecule has 0 spiro atoms. The van der Waals surface area contributed by atoms with Gasteiger partial charge in [-0.15, -0.1) is 0 Å². The summed E-state index contributed by atoms with van der Waals surface area (Å²) in [6, 6.07) is 7.78. The molecule has 1 aromatic heterocycles. The van der Waals surface area contributed by atoms with E-state index in [1.165, 1.54) is 0 Å². The molecule has 2 aromatic rings. The number of hydrogen-bond acceptors (Lipinski definition) is 3. The topological polar surface area (TPSA) is 42.6 Å². The molecular weight excluding hydrogens is 204 g/mol. The molecule has 0 radical (unpaired) electrons. The summed E-state index contributed by atoms with van der Waals surface area (Å²) in [4.78, 5) is 0. The minimum Gasteiger partial charge on any atom is -0.464 e. The molecule has 0 aliphatic carbocycles. The minimum atomic E-state index is -0.732. The Morgan fingerprint density at radius 1 is 1.12 bits per heavy atom. The van der Waals surface area contributed by atoms with Crippen molar-refractivity contribution < 1.29 is 14.3 Å². The Labute approximate surface area is 93.6 Å². The fourth-order valence-electron chi connectivity index (χ4n) is 2.25. The number of benzene rings is 1. The van der Waals surface area contributed by atoms with Crippen LogP contribution in [0.25, 0.3) is 11.0 Å². The van der Waals surface area contributed by atoms with Crippen LogP contribution in [0.3, 0.4) is 0 Å². The van der Waals surface area contributed by atoms with E-state index in [1.54, 1.807) is 6.26 Å². The smallest absolute Gasteiger partial charge is 0.133 e. The summed E-state index contributed by atoms with van der Waals surface area (Å²) in [7, 11) is 0. The van der Waals surface area contributed by atoms with Crippen LogP contribution < -0.4 is 0 Å². The van der Waals surface area contributed by atoms with E-state index in [2.05, 4.69) is 0 Å². The van der Waals surface area contributed by atoms with Crippen LogP contribution in [0.1, 0.15) is 18.4 Å². The Balaban J connectivity index is 2.03. The molecule has 3 heteroatoms. The molecule has 2 heterocycles. The van der Waals surface area contributed by atoms with E-state index in [4.69, 9.17) is 9.15 Å². The average Bonchev–Trinajstić information content (AvgIpc) is 2.77. The molecule has 1 N–H and O–H groups in total. The third-order valence-electron chi connectivity index (χ3n) is 3.31. The second-order valence-corrected chi connectivity index (χ2v) is 4.32. The zero-order valence-corrected chi connectivity index (χ0v) is 8.98. The van der Waals surface area contributed by atoms with Crippen LogP contribution in [0, 0.1) is 0 Å². The number of hydrogen-bond donors (Lipinski definition) is 1. The van der Waals surface area contributed by atoms with Gasteiger partial charge in [-0.1, -0.05) is 6.07 Å². The molecule has 84 valence electrons. The summed E-state index contributed by atoms with van der Waals surface area (Å²) in [5, 5.41) is 11.6. The van der Waals surface area contributed by atoms with Gasteiger partial charge in [-0.2, -0.15) is 0 Å². The number of aliphatic hydroxyl groups is 1. The van der Waals surface area contributed by atoms with E-state index >= 15 is 0 Å². The van der Waals surface area contributed by atoms with Crippen molar-refractivity contribution in [2.75, 3.05) is 13.2 Å². The van der Waals surface area contributed by atoms with Gasteiger partial charge in [0, 0.05) is 31.4 Å². The van der Waals surface area contributed by atoms with Gasteiger partial charge in [0.25, 0.3) is 0 Å². The van der Waals surface area contributed by atoms with Gasteiger partial charge in [-0.25, -0.2) is 0 Å². The summed E-state index contributed by atoms with van der Waals surface area (Å²) in [6.07, 6.45) is 3.00. The van der Waals surface area contributed by atoms with Crippen LogP contribution in [-0.2, 0) is 10.3 Å². The second-order valence-electron chi connectivity index (χ2n) is 4.32. The Morgan fingerprint density at radius 2 is 1.94 bits per heavy atom. The predicted octanol–water partition coefficient (Wildman–Crippen LogP) is 2.43. The largest absolute Gasteiger partial charge is 0.464 e. The van der Waals surface area contributed by atoms with Crippen LogP contribution in [-0.4, -0.2) is 18.3 Å². The van der Waals surface area contributed by atoms with Crippen molar-refractivity contribution in [3.63, 3.8) is 0 Å². The second kappa shape index (κ2) is 3.61. The van der Waals surface area contributed by atoms with E-state index in [9.17, 15) is 5.11 Å². The maximum absolute atomic E-state index is 10.5. The third-order valence-corrected chi connectivity index (χ3v) is 3.31. The molecule has 0 bridgehead atoms. The van der Waals surface area contributed by atoms with Crippen LogP contribution >= 0.6 is 0 Å². The lowest BCUT2D eigenvalue weighted by molar-refractivity contribution is -0.0678. The van der Waals surface area contributed by atoms with E-state index in [1.807, 2.05) is 24.3 Å². The lowest BCUT2D eigenvalue weighted by atomic mass is 9.86. The number of furan rings is 1. The molecule has 1 aliphatic rings. The first-order valence-corrected chi connectivity index (χ1v) is 5.56. The Morgan fingerprint density at radius 3 is 2.75 bits per heavy atom. The summed E-state index contributed by atoms with van der Waals surface area (Å²) < 4.78 is 10.6. The molecule has 1 saturated heterocycles. The number of ether oxygens (including phenoxy) is 1. The highest BCUT2D eigenvalue weighted by Gasteiger charge is 2.31. The van der Waals surface area contributed by atoms with Crippen molar-refractivity contribution in [3.05, 3.63) is 36.1 Å². The monoisotopic (exact) mass is 218 g/mol. The highest BCUT2D eigenvalue weighted by Crippen LogP contribution is 2.33. The fraction of sp³-hybridized carbons (Fsp3) is 0.385. The number of fused-ring (bicyclic) bond motifs is 1. The van der Waals surface area contributed by atoms with E-state index < -0.39 is 5.60 Å². The minimum absolute atomic E-state index is 0.625. The van der Waals surface area contributed by atoms with Crippen molar-refractivity contribution in [1.29, 1.82) is 0 Å². The quantitative estimate of drug-likeness (QED) is 0.799. The average molecular weight is 218 g/mol. The van der Waals surface area contributed by atoms with Gasteiger partial charge in [0.05, 0.1) is 11.9 Å². The molecule has 1 fully saturated rings. The molecule has 0 saturated carbocycles. The van der Waals surface area contributed by atoms with Gasteiger partial charge in [-0.3, -0.25) is 0 Å². The highest BCUT2D eigenvalue weighted by atomic mass is 16.5. The summed E-state index contributed by atoms with van der Waals surface area (Å²) >= 11 is 0. The molecule has 0 unspecified atom stereocenters. The zero-order chi connectivity index (χ0) is 11.0. The van der Waals surface area contributed by atoms with Crippen molar-refractivity contribution in [2.24, 2.45) is 0 Å². The van der Waals surface area contributed by atoms with E-state index in [-0.39, 0.29) is 0 Å². The summed E-state index contributed by atoms with van der Waals surface area (Å²) in [6.45, 7) is 1.25. The summed E-state index contributed by atoms with van der Waals surface area (Å²) in [5.41, 5.74) is 1.09. The van der Waals surface area contributed by atoms with Crippen LogP contribution in [0.15, 0.2) is 34.9 Å². The predicted molar refractivity (Wildman–Crippen MR) is 60.2 cm³/mol. The van der Waals surface area contributed by atoms with Gasteiger partial charge in [0.1, 0.15) is 5.58 Å².